The van der Waals surface area contributed by atoms with E-state index in [2.05, 4.69) is 9.24 Å². The van der Waals surface area contributed by atoms with Gasteiger partial charge in [-0.25, -0.2) is 0 Å². The van der Waals surface area contributed by atoms with Gasteiger partial charge in [-0.05, 0) is 28.2 Å². The van der Waals surface area contributed by atoms with Gasteiger partial charge in [0, 0.05) is 0 Å². The average Bonchev–Trinajstić information content (AvgIpc) is 1.97. The van der Waals surface area contributed by atoms with Crippen LogP contribution in [0.15, 0.2) is 0 Å². The maximum Gasteiger partial charge on any atom is 0.0894 e. The van der Waals surface area contributed by atoms with Gasteiger partial charge in [-0.2, -0.15) is 0 Å². The molecule has 0 rings (SSSR count). The van der Waals surface area contributed by atoms with Crippen LogP contribution in [-0.2, 0) is 0 Å². The second-order valence-electron chi connectivity index (χ2n) is 2.53. The summed E-state index contributed by atoms with van der Waals surface area (Å²) >= 11 is 0. The van der Waals surface area contributed by atoms with E-state index in [0.29, 0.717) is 0 Å². The minimum Gasteiger partial charge on any atom is -0.251 e. The van der Waals surface area contributed by atoms with E-state index in [9.17, 15) is 4.39 Å². The minimum atomic E-state index is -0.146. The Morgan fingerprint density at radius 2 is 1.30 bits per heavy atom. The van der Waals surface area contributed by atoms with E-state index in [4.69, 9.17) is 0 Å². The molecule has 0 amide bonds. The molecule has 0 aromatic carbocycles. The quantitative estimate of drug-likeness (QED) is 0.395. The van der Waals surface area contributed by atoms with Crippen LogP contribution in [0.4, 0.5) is 4.39 Å². The maximum absolute atomic E-state index is 11.6. The molecule has 0 bridgehead atoms. The Kier molecular flexibility index (Phi) is 9.70. The first-order valence-corrected chi connectivity index (χ1v) is 4.72. The molecule has 0 aliphatic heterocycles. The fourth-order valence-electron chi connectivity index (χ4n) is 0.913. The van der Waals surface area contributed by atoms with Crippen molar-refractivity contribution in [2.45, 2.75) is 38.5 Å². The number of halogens is 1. The van der Waals surface area contributed by atoms with Crippen molar-refractivity contribution in [3.05, 3.63) is 0 Å². The molecule has 0 unspecified atom stereocenters. The SMILES string of the molecule is FCCCCCCCC[P]. The van der Waals surface area contributed by atoms with Gasteiger partial charge in [0.2, 0.25) is 0 Å². The number of alkyl halides is 1. The lowest BCUT2D eigenvalue weighted by atomic mass is 10.1. The molecule has 0 heterocycles. The normalized spacial score (nSPS) is 10.2. The van der Waals surface area contributed by atoms with Crippen molar-refractivity contribution in [1.82, 2.24) is 0 Å². The van der Waals surface area contributed by atoms with E-state index >= 15 is 0 Å². The predicted octanol–water partition coefficient (Wildman–Crippen LogP) is 3.71. The fraction of sp³-hybridized carbons (Fsp3) is 1.00. The van der Waals surface area contributed by atoms with Crippen LogP contribution >= 0.6 is 9.24 Å². The lowest BCUT2D eigenvalue weighted by molar-refractivity contribution is 0.451. The van der Waals surface area contributed by atoms with Crippen molar-refractivity contribution in [1.29, 1.82) is 0 Å². The van der Waals surface area contributed by atoms with Gasteiger partial charge in [-0.15, -0.1) is 0 Å². The van der Waals surface area contributed by atoms with Crippen LogP contribution in [0.3, 0.4) is 0 Å². The fourth-order valence-corrected chi connectivity index (χ4v) is 1.14. The van der Waals surface area contributed by atoms with Crippen molar-refractivity contribution in [3.63, 3.8) is 0 Å². The van der Waals surface area contributed by atoms with Crippen LogP contribution in [0.1, 0.15) is 38.5 Å². The molecule has 10 heavy (non-hydrogen) atoms. The molecule has 0 aliphatic carbocycles. The summed E-state index contributed by atoms with van der Waals surface area (Å²) < 4.78 is 11.6. The summed E-state index contributed by atoms with van der Waals surface area (Å²) in [6, 6.07) is 0. The highest BCUT2D eigenvalue weighted by atomic mass is 31.0. The zero-order valence-electron chi connectivity index (χ0n) is 6.48. The molecule has 0 aliphatic rings. The topological polar surface area (TPSA) is 0 Å². The van der Waals surface area contributed by atoms with Gasteiger partial charge in [0.25, 0.3) is 0 Å². The second kappa shape index (κ2) is 9.36. The lowest BCUT2D eigenvalue weighted by Crippen LogP contribution is -1.81. The molecule has 0 atom stereocenters. The van der Waals surface area contributed by atoms with E-state index in [1.165, 1.54) is 25.7 Å². The molecule has 0 fully saturated rings. The molecular formula is C8H16FP. The van der Waals surface area contributed by atoms with Crippen LogP contribution < -0.4 is 0 Å². The molecule has 0 aromatic rings. The van der Waals surface area contributed by atoms with Gasteiger partial charge in [-0.3, -0.25) is 4.39 Å². The minimum absolute atomic E-state index is 0.146. The van der Waals surface area contributed by atoms with Gasteiger partial charge in [0.15, 0.2) is 0 Å². The molecule has 60 valence electrons. The third-order valence-electron chi connectivity index (χ3n) is 1.54. The first kappa shape index (κ1) is 10.4. The number of hydrogen-bond donors (Lipinski definition) is 0. The van der Waals surface area contributed by atoms with E-state index in [-0.39, 0.29) is 6.67 Å². The Balaban J connectivity index is 2.65. The van der Waals surface area contributed by atoms with Crippen molar-refractivity contribution >= 4 is 9.24 Å². The zero-order valence-corrected chi connectivity index (χ0v) is 7.38. The van der Waals surface area contributed by atoms with Gasteiger partial charge in [-0.1, -0.05) is 25.7 Å². The standard InChI is InChI=1S/C8H16FP/c9-7-5-3-1-2-4-6-8-10/h1-8H2. The number of hydrogen-bond acceptors (Lipinski definition) is 0. The highest BCUT2D eigenvalue weighted by molar-refractivity contribution is 7.16. The Hall–Kier alpha value is 0.360. The summed E-state index contributed by atoms with van der Waals surface area (Å²) in [5, 5.41) is 0. The summed E-state index contributed by atoms with van der Waals surface area (Å²) in [5.74, 6) is 0. The van der Waals surface area contributed by atoms with Crippen molar-refractivity contribution in [2.75, 3.05) is 12.8 Å². The first-order chi connectivity index (χ1) is 4.91. The van der Waals surface area contributed by atoms with Crippen LogP contribution in [0, 0.1) is 0 Å². The predicted molar refractivity (Wildman–Crippen MR) is 45.5 cm³/mol. The monoisotopic (exact) mass is 162 g/mol. The summed E-state index contributed by atoms with van der Waals surface area (Å²) in [7, 11) is 4.10. The number of rotatable bonds is 7. The van der Waals surface area contributed by atoms with E-state index in [0.717, 1.165) is 19.0 Å². The van der Waals surface area contributed by atoms with Gasteiger partial charge < -0.3 is 0 Å². The van der Waals surface area contributed by atoms with E-state index in [1.54, 1.807) is 0 Å². The van der Waals surface area contributed by atoms with Gasteiger partial charge in [0.05, 0.1) is 6.67 Å². The average molecular weight is 162 g/mol. The summed E-state index contributed by atoms with van der Waals surface area (Å²) in [6.07, 6.45) is 7.71. The molecule has 0 spiro atoms. The second-order valence-corrected chi connectivity index (χ2v) is 2.98. The largest absolute Gasteiger partial charge is 0.251 e. The summed E-state index contributed by atoms with van der Waals surface area (Å²) in [6.45, 7) is -0.146. The molecule has 0 saturated carbocycles. The van der Waals surface area contributed by atoms with Crippen molar-refractivity contribution in [2.24, 2.45) is 0 Å². The van der Waals surface area contributed by atoms with Crippen molar-refractivity contribution in [3.8, 4) is 0 Å². The smallest absolute Gasteiger partial charge is 0.0894 e. The lowest BCUT2D eigenvalue weighted by Gasteiger charge is -1.96. The molecule has 0 N–H and O–H groups in total. The zero-order chi connectivity index (χ0) is 7.66. The maximum atomic E-state index is 11.6. The number of unbranched alkanes of at least 4 members (excludes halogenated alkanes) is 5. The third-order valence-corrected chi connectivity index (χ3v) is 1.86. The Morgan fingerprint density at radius 1 is 0.800 bits per heavy atom. The van der Waals surface area contributed by atoms with E-state index in [1.807, 2.05) is 0 Å². The van der Waals surface area contributed by atoms with Crippen LogP contribution in [0.25, 0.3) is 0 Å². The molecule has 0 saturated heterocycles. The highest BCUT2D eigenvalue weighted by Crippen LogP contribution is 2.06. The van der Waals surface area contributed by atoms with Crippen molar-refractivity contribution < 1.29 is 4.39 Å². The first-order valence-electron chi connectivity index (χ1n) is 4.08. The highest BCUT2D eigenvalue weighted by Gasteiger charge is 1.88. The van der Waals surface area contributed by atoms with Gasteiger partial charge >= 0.3 is 0 Å². The third kappa shape index (κ3) is 8.36. The van der Waals surface area contributed by atoms with Gasteiger partial charge in [0.1, 0.15) is 0 Å². The van der Waals surface area contributed by atoms with E-state index < -0.39 is 0 Å². The van der Waals surface area contributed by atoms with Crippen LogP contribution in [0.2, 0.25) is 0 Å². The molecule has 2 radical (unpaired) electrons. The Bertz CT molecular complexity index is 49.2. The Labute approximate surface area is 65.8 Å². The summed E-state index contributed by atoms with van der Waals surface area (Å²) in [4.78, 5) is 0. The van der Waals surface area contributed by atoms with Crippen LogP contribution in [0.5, 0.6) is 0 Å². The Morgan fingerprint density at radius 3 is 1.80 bits per heavy atom. The van der Waals surface area contributed by atoms with Crippen LogP contribution in [-0.4, -0.2) is 12.8 Å². The molecule has 2 heteroatoms. The molecule has 0 nitrogen and oxygen atoms in total. The molecular weight excluding hydrogens is 146 g/mol. The summed E-state index contributed by atoms with van der Waals surface area (Å²) in [5.41, 5.74) is 0. The molecule has 0 aromatic heterocycles.